The van der Waals surface area contributed by atoms with E-state index in [1.54, 1.807) is 0 Å². The molecule has 1 aliphatic carbocycles. The molecule has 0 heterocycles. The lowest BCUT2D eigenvalue weighted by Crippen LogP contribution is -2.30. The molecular formula is C16H31N. The second-order valence-electron chi connectivity index (χ2n) is 5.77. The topological polar surface area (TPSA) is 26.0 Å². The number of nitrogens with two attached hydrogens (primary N) is 1. The van der Waals surface area contributed by atoms with Gasteiger partial charge in [0.2, 0.25) is 0 Å². The summed E-state index contributed by atoms with van der Waals surface area (Å²) in [4.78, 5) is 0. The van der Waals surface area contributed by atoms with Gasteiger partial charge < -0.3 is 5.73 Å². The molecule has 0 bridgehead atoms. The van der Waals surface area contributed by atoms with Gasteiger partial charge in [-0.15, -0.1) is 6.58 Å². The largest absolute Gasteiger partial charge is 0.330 e. The molecule has 1 aliphatic rings. The van der Waals surface area contributed by atoms with E-state index in [0.29, 0.717) is 0 Å². The van der Waals surface area contributed by atoms with Crippen molar-refractivity contribution >= 4 is 0 Å². The first kappa shape index (κ1) is 14.8. The summed E-state index contributed by atoms with van der Waals surface area (Å²) in [6, 6.07) is 0. The first-order valence-electron chi connectivity index (χ1n) is 7.62. The van der Waals surface area contributed by atoms with E-state index < -0.39 is 0 Å². The minimum absolute atomic E-state index is 0.817. The molecule has 0 amide bonds. The first-order valence-corrected chi connectivity index (χ1v) is 7.62. The Kier molecular flexibility index (Phi) is 7.59. The van der Waals surface area contributed by atoms with E-state index in [-0.39, 0.29) is 0 Å². The number of hydrogen-bond acceptors (Lipinski definition) is 1. The van der Waals surface area contributed by atoms with Gasteiger partial charge in [0.25, 0.3) is 0 Å². The lowest BCUT2D eigenvalue weighted by molar-refractivity contribution is 0.168. The zero-order valence-corrected chi connectivity index (χ0v) is 11.7. The fourth-order valence-corrected chi connectivity index (χ4v) is 3.33. The Bertz CT molecular complexity index is 200. The average molecular weight is 237 g/mol. The fraction of sp³-hybridized carbons (Fsp3) is 0.875. The van der Waals surface area contributed by atoms with Crippen LogP contribution in [0.4, 0.5) is 0 Å². The van der Waals surface area contributed by atoms with Crippen LogP contribution >= 0.6 is 0 Å². The van der Waals surface area contributed by atoms with Crippen LogP contribution in [0.2, 0.25) is 0 Å². The van der Waals surface area contributed by atoms with Crippen molar-refractivity contribution in [1.29, 1.82) is 0 Å². The normalized spacial score (nSPS) is 29.2. The molecule has 1 saturated carbocycles. The Balaban J connectivity index is 2.23. The van der Waals surface area contributed by atoms with Gasteiger partial charge in [-0.05, 0) is 50.0 Å². The maximum absolute atomic E-state index is 5.92. The summed E-state index contributed by atoms with van der Waals surface area (Å²) >= 11 is 0. The Morgan fingerprint density at radius 1 is 1.18 bits per heavy atom. The summed E-state index contributed by atoms with van der Waals surface area (Å²) in [6.07, 6.45) is 14.3. The molecule has 3 atom stereocenters. The van der Waals surface area contributed by atoms with Gasteiger partial charge in [-0.2, -0.15) is 0 Å². The molecule has 0 radical (unpaired) electrons. The molecule has 1 rings (SSSR count). The highest BCUT2D eigenvalue weighted by molar-refractivity contribution is 4.80. The van der Waals surface area contributed by atoms with E-state index in [1.165, 1.54) is 57.8 Å². The SMILES string of the molecule is C=CCCCCCC1CC(CC)CCC1CN. The molecule has 0 aromatic rings. The summed E-state index contributed by atoms with van der Waals surface area (Å²) in [6.45, 7) is 7.03. The minimum atomic E-state index is 0.817. The van der Waals surface area contributed by atoms with Crippen molar-refractivity contribution < 1.29 is 0 Å². The molecule has 17 heavy (non-hydrogen) atoms. The van der Waals surface area contributed by atoms with Crippen molar-refractivity contribution in [2.45, 2.75) is 64.7 Å². The zero-order valence-electron chi connectivity index (χ0n) is 11.7. The first-order chi connectivity index (χ1) is 8.31. The summed E-state index contributed by atoms with van der Waals surface area (Å²) in [7, 11) is 0. The van der Waals surface area contributed by atoms with Gasteiger partial charge in [0.1, 0.15) is 0 Å². The van der Waals surface area contributed by atoms with Gasteiger partial charge in [0, 0.05) is 0 Å². The van der Waals surface area contributed by atoms with E-state index in [4.69, 9.17) is 5.73 Å². The predicted molar refractivity (Wildman–Crippen MR) is 76.9 cm³/mol. The zero-order chi connectivity index (χ0) is 12.5. The molecule has 100 valence electrons. The molecule has 0 aromatic heterocycles. The van der Waals surface area contributed by atoms with Gasteiger partial charge in [-0.1, -0.05) is 45.1 Å². The highest BCUT2D eigenvalue weighted by Crippen LogP contribution is 2.37. The minimum Gasteiger partial charge on any atom is -0.330 e. The van der Waals surface area contributed by atoms with Crippen molar-refractivity contribution in [1.82, 2.24) is 0 Å². The molecule has 0 saturated heterocycles. The number of rotatable bonds is 8. The highest BCUT2D eigenvalue weighted by Gasteiger charge is 2.28. The third kappa shape index (κ3) is 5.25. The molecule has 3 unspecified atom stereocenters. The van der Waals surface area contributed by atoms with Crippen molar-refractivity contribution in [2.24, 2.45) is 23.5 Å². The number of hydrogen-bond donors (Lipinski definition) is 1. The third-order valence-electron chi connectivity index (χ3n) is 4.61. The van der Waals surface area contributed by atoms with Crippen LogP contribution in [0.3, 0.4) is 0 Å². The standard InChI is InChI=1S/C16H31N/c1-3-5-6-7-8-9-15-12-14(4-2)10-11-16(15)13-17/h3,14-16H,1,4-13,17H2,2H3. The predicted octanol–water partition coefficient (Wildman–Crippen LogP) is 4.52. The molecule has 1 fully saturated rings. The van der Waals surface area contributed by atoms with Crippen molar-refractivity contribution in [3.05, 3.63) is 12.7 Å². The van der Waals surface area contributed by atoms with Crippen LogP contribution in [0.15, 0.2) is 12.7 Å². The van der Waals surface area contributed by atoms with Crippen LogP contribution in [0.25, 0.3) is 0 Å². The third-order valence-corrected chi connectivity index (χ3v) is 4.61. The lowest BCUT2D eigenvalue weighted by atomic mass is 9.71. The maximum atomic E-state index is 5.92. The van der Waals surface area contributed by atoms with Crippen molar-refractivity contribution in [3.63, 3.8) is 0 Å². The number of allylic oxidation sites excluding steroid dienone is 1. The Morgan fingerprint density at radius 2 is 2.00 bits per heavy atom. The van der Waals surface area contributed by atoms with Crippen molar-refractivity contribution in [3.8, 4) is 0 Å². The van der Waals surface area contributed by atoms with Crippen LogP contribution in [0.5, 0.6) is 0 Å². The average Bonchev–Trinajstić information content (AvgIpc) is 2.38. The summed E-state index contributed by atoms with van der Waals surface area (Å²) in [5, 5.41) is 0. The summed E-state index contributed by atoms with van der Waals surface area (Å²) < 4.78 is 0. The van der Waals surface area contributed by atoms with Crippen molar-refractivity contribution in [2.75, 3.05) is 6.54 Å². The second-order valence-corrected chi connectivity index (χ2v) is 5.77. The van der Waals surface area contributed by atoms with Gasteiger partial charge in [-0.25, -0.2) is 0 Å². The van der Waals surface area contributed by atoms with Crippen LogP contribution in [0.1, 0.15) is 64.7 Å². The molecule has 1 heteroatoms. The summed E-state index contributed by atoms with van der Waals surface area (Å²) in [5.74, 6) is 2.72. The fourth-order valence-electron chi connectivity index (χ4n) is 3.33. The lowest BCUT2D eigenvalue weighted by Gasteiger charge is -2.35. The van der Waals surface area contributed by atoms with E-state index >= 15 is 0 Å². The van der Waals surface area contributed by atoms with E-state index in [9.17, 15) is 0 Å². The van der Waals surface area contributed by atoms with Crippen LogP contribution in [-0.2, 0) is 0 Å². The summed E-state index contributed by atoms with van der Waals surface area (Å²) in [5.41, 5.74) is 5.92. The molecule has 0 aliphatic heterocycles. The van der Waals surface area contributed by atoms with E-state index in [2.05, 4.69) is 13.5 Å². The van der Waals surface area contributed by atoms with Gasteiger partial charge in [-0.3, -0.25) is 0 Å². The second kappa shape index (κ2) is 8.74. The molecular weight excluding hydrogens is 206 g/mol. The molecule has 1 nitrogen and oxygen atoms in total. The quantitative estimate of drug-likeness (QED) is 0.487. The Hall–Kier alpha value is -0.300. The molecule has 0 spiro atoms. The van der Waals surface area contributed by atoms with Crippen LogP contribution < -0.4 is 5.73 Å². The highest BCUT2D eigenvalue weighted by atomic mass is 14.6. The Labute approximate surface area is 108 Å². The number of unbranched alkanes of at least 4 members (excludes halogenated alkanes) is 3. The smallest absolute Gasteiger partial charge is 0.00462 e. The molecule has 2 N–H and O–H groups in total. The van der Waals surface area contributed by atoms with Crippen LogP contribution in [-0.4, -0.2) is 6.54 Å². The van der Waals surface area contributed by atoms with Crippen LogP contribution in [0, 0.1) is 17.8 Å². The van der Waals surface area contributed by atoms with E-state index in [1.807, 2.05) is 6.08 Å². The monoisotopic (exact) mass is 237 g/mol. The maximum Gasteiger partial charge on any atom is -0.00462 e. The van der Waals surface area contributed by atoms with Gasteiger partial charge in [0.15, 0.2) is 0 Å². The van der Waals surface area contributed by atoms with Gasteiger partial charge in [0.05, 0.1) is 0 Å². The Morgan fingerprint density at radius 3 is 2.65 bits per heavy atom. The molecule has 0 aromatic carbocycles. The van der Waals surface area contributed by atoms with Gasteiger partial charge >= 0.3 is 0 Å². The van der Waals surface area contributed by atoms with E-state index in [0.717, 1.165) is 24.3 Å².